The summed E-state index contributed by atoms with van der Waals surface area (Å²) in [5, 5.41) is 5.83. The number of H-pyrrole nitrogens is 1. The first kappa shape index (κ1) is 19.9. The number of amides is 2. The number of anilines is 1. The number of thioether (sulfide) groups is 1. The van der Waals surface area contributed by atoms with Gasteiger partial charge in [-0.1, -0.05) is 24.3 Å². The zero-order valence-corrected chi connectivity index (χ0v) is 16.8. The molecule has 0 aliphatic heterocycles. The molecule has 2 aromatic carbocycles. The van der Waals surface area contributed by atoms with Gasteiger partial charge in [-0.3, -0.25) is 9.59 Å². The molecule has 0 saturated carbocycles. The predicted octanol–water partition coefficient (Wildman–Crippen LogP) is 3.67. The summed E-state index contributed by atoms with van der Waals surface area (Å²) < 4.78 is 0. The Bertz CT molecular complexity index is 919. The smallest absolute Gasteiger partial charge is 0.225 e. The van der Waals surface area contributed by atoms with E-state index in [-0.39, 0.29) is 24.3 Å². The Hall–Kier alpha value is -2.80. The van der Waals surface area contributed by atoms with Crippen molar-refractivity contribution < 1.29 is 9.59 Å². The highest BCUT2D eigenvalue weighted by Crippen LogP contribution is 2.20. The van der Waals surface area contributed by atoms with Gasteiger partial charge >= 0.3 is 0 Å². The molecule has 0 aliphatic rings. The van der Waals surface area contributed by atoms with Gasteiger partial charge in [-0.15, -0.1) is 0 Å². The number of benzene rings is 2. The highest BCUT2D eigenvalue weighted by Gasteiger charge is 2.18. The van der Waals surface area contributed by atoms with Gasteiger partial charge in [-0.25, -0.2) is 4.98 Å². The fourth-order valence-electron chi connectivity index (χ4n) is 2.99. The Morgan fingerprint density at radius 1 is 1.14 bits per heavy atom. The van der Waals surface area contributed by atoms with Crippen LogP contribution in [-0.4, -0.2) is 33.8 Å². The van der Waals surface area contributed by atoms with Gasteiger partial charge in [0.25, 0.3) is 0 Å². The van der Waals surface area contributed by atoms with Gasteiger partial charge in [0, 0.05) is 12.6 Å². The molecule has 3 rings (SSSR count). The Morgan fingerprint density at radius 2 is 1.89 bits per heavy atom. The number of carbonyl (C=O) groups is 2. The Kier molecular flexibility index (Phi) is 6.71. The maximum Gasteiger partial charge on any atom is 0.225 e. The molecule has 0 fully saturated rings. The summed E-state index contributed by atoms with van der Waals surface area (Å²) in [6.07, 6.45) is 3.12. The van der Waals surface area contributed by atoms with Crippen molar-refractivity contribution in [3.63, 3.8) is 0 Å². The van der Waals surface area contributed by atoms with E-state index in [1.54, 1.807) is 23.9 Å². The van der Waals surface area contributed by atoms with E-state index < -0.39 is 0 Å². The van der Waals surface area contributed by atoms with Crippen LogP contribution in [0.5, 0.6) is 0 Å². The molecule has 7 heteroatoms. The number of hydrogen-bond donors (Lipinski definition) is 3. The predicted molar refractivity (Wildman–Crippen MR) is 114 cm³/mol. The number of aromatic amines is 1. The molecule has 0 bridgehead atoms. The van der Waals surface area contributed by atoms with Gasteiger partial charge in [-0.2, -0.15) is 11.8 Å². The van der Waals surface area contributed by atoms with Crippen LogP contribution in [0.3, 0.4) is 0 Å². The minimum absolute atomic E-state index is 0.0566. The molecule has 1 aromatic heterocycles. The second-order valence-electron chi connectivity index (χ2n) is 6.60. The van der Waals surface area contributed by atoms with Crippen LogP contribution in [-0.2, 0) is 16.0 Å². The second kappa shape index (κ2) is 9.41. The first-order valence-corrected chi connectivity index (χ1v) is 10.5. The van der Waals surface area contributed by atoms with E-state index in [1.165, 1.54) is 6.92 Å². The summed E-state index contributed by atoms with van der Waals surface area (Å²) in [6.45, 7) is 1.47. The zero-order valence-electron chi connectivity index (χ0n) is 16.0. The second-order valence-corrected chi connectivity index (χ2v) is 7.58. The van der Waals surface area contributed by atoms with Crippen LogP contribution in [0.2, 0.25) is 0 Å². The molecule has 0 aliphatic carbocycles. The summed E-state index contributed by atoms with van der Waals surface area (Å²) in [4.78, 5) is 31.7. The summed E-state index contributed by atoms with van der Waals surface area (Å²) in [5.74, 6) is 1.53. The maximum atomic E-state index is 12.6. The molecule has 28 heavy (non-hydrogen) atoms. The Labute approximate surface area is 168 Å². The molecule has 0 spiro atoms. The standard InChI is InChI=1S/C21H24N4O2S/c1-14(26)22-16-9-7-15(8-10-16)13-20(27)23-19(11-12-28-2)21-24-17-5-3-4-6-18(17)25-21/h3-10,19H,11-13H2,1-2H3,(H,22,26)(H,23,27)(H,24,25)/t19-/m0/s1. The largest absolute Gasteiger partial charge is 0.346 e. The third kappa shape index (κ3) is 5.36. The lowest BCUT2D eigenvalue weighted by Crippen LogP contribution is -2.31. The summed E-state index contributed by atoms with van der Waals surface area (Å²) in [6, 6.07) is 15.0. The van der Waals surface area contributed by atoms with Crippen molar-refractivity contribution in [2.45, 2.75) is 25.8 Å². The summed E-state index contributed by atoms with van der Waals surface area (Å²) >= 11 is 1.74. The number of nitrogens with zero attached hydrogens (tertiary/aromatic N) is 1. The molecule has 1 heterocycles. The number of carbonyl (C=O) groups excluding carboxylic acids is 2. The lowest BCUT2D eigenvalue weighted by atomic mass is 10.1. The van der Waals surface area contributed by atoms with Crippen LogP contribution in [0.15, 0.2) is 48.5 Å². The first-order valence-electron chi connectivity index (χ1n) is 9.14. The Morgan fingerprint density at radius 3 is 2.57 bits per heavy atom. The topological polar surface area (TPSA) is 86.9 Å². The van der Waals surface area contributed by atoms with Crippen LogP contribution >= 0.6 is 11.8 Å². The molecular weight excluding hydrogens is 372 g/mol. The average molecular weight is 397 g/mol. The summed E-state index contributed by atoms with van der Waals surface area (Å²) in [7, 11) is 0. The van der Waals surface area contributed by atoms with Gasteiger partial charge < -0.3 is 15.6 Å². The molecule has 6 nitrogen and oxygen atoms in total. The maximum absolute atomic E-state index is 12.6. The van der Waals surface area contributed by atoms with Crippen LogP contribution in [0, 0.1) is 0 Å². The first-order chi connectivity index (χ1) is 13.5. The van der Waals surface area contributed by atoms with E-state index in [4.69, 9.17) is 0 Å². The highest BCUT2D eigenvalue weighted by atomic mass is 32.2. The van der Waals surface area contributed by atoms with Crippen molar-refractivity contribution in [3.8, 4) is 0 Å². The minimum atomic E-state index is -0.161. The average Bonchev–Trinajstić information content (AvgIpc) is 3.10. The third-order valence-electron chi connectivity index (χ3n) is 4.32. The van der Waals surface area contributed by atoms with Crippen molar-refractivity contribution in [1.29, 1.82) is 0 Å². The van der Waals surface area contributed by atoms with Crippen LogP contribution in [0.25, 0.3) is 11.0 Å². The fourth-order valence-corrected chi connectivity index (χ4v) is 3.46. The molecule has 0 radical (unpaired) electrons. The summed E-state index contributed by atoms with van der Waals surface area (Å²) in [5.41, 5.74) is 3.47. The van der Waals surface area contributed by atoms with Crippen LogP contribution in [0.1, 0.15) is 30.8 Å². The van der Waals surface area contributed by atoms with Crippen molar-refractivity contribution in [3.05, 3.63) is 59.9 Å². The van der Waals surface area contributed by atoms with Crippen molar-refractivity contribution in [2.24, 2.45) is 0 Å². The van der Waals surface area contributed by atoms with Gasteiger partial charge in [0.05, 0.1) is 23.5 Å². The third-order valence-corrected chi connectivity index (χ3v) is 4.97. The molecule has 0 saturated heterocycles. The molecule has 146 valence electrons. The number of aromatic nitrogens is 2. The molecule has 0 unspecified atom stereocenters. The molecule has 2 amide bonds. The number of fused-ring (bicyclic) bond motifs is 1. The van der Waals surface area contributed by atoms with Gasteiger partial charge in [-0.05, 0) is 48.3 Å². The van der Waals surface area contributed by atoms with Crippen molar-refractivity contribution in [2.75, 3.05) is 17.3 Å². The van der Waals surface area contributed by atoms with Crippen LogP contribution in [0.4, 0.5) is 5.69 Å². The molecule has 3 aromatic rings. The zero-order chi connectivity index (χ0) is 19.9. The SMILES string of the molecule is CSCC[C@H](NC(=O)Cc1ccc(NC(C)=O)cc1)c1nc2ccccc2[nH]1. The number of hydrogen-bond acceptors (Lipinski definition) is 4. The fraction of sp³-hybridized carbons (Fsp3) is 0.286. The molecule has 1 atom stereocenters. The van der Waals surface area contributed by atoms with Gasteiger partial charge in [0.2, 0.25) is 11.8 Å². The van der Waals surface area contributed by atoms with Gasteiger partial charge in [0.1, 0.15) is 5.82 Å². The number of para-hydroxylation sites is 2. The van der Waals surface area contributed by atoms with E-state index in [0.29, 0.717) is 0 Å². The van der Waals surface area contributed by atoms with Gasteiger partial charge in [0.15, 0.2) is 0 Å². The highest BCUT2D eigenvalue weighted by molar-refractivity contribution is 7.98. The molecule has 3 N–H and O–H groups in total. The Balaban J connectivity index is 1.68. The van der Waals surface area contributed by atoms with Crippen LogP contribution < -0.4 is 10.6 Å². The number of rotatable bonds is 8. The quantitative estimate of drug-likeness (QED) is 0.542. The van der Waals surface area contributed by atoms with Crippen molar-refractivity contribution >= 4 is 40.3 Å². The number of nitrogens with one attached hydrogen (secondary N) is 3. The lowest BCUT2D eigenvalue weighted by Gasteiger charge is -2.16. The normalized spacial score (nSPS) is 11.9. The molecular formula is C21H24N4O2S. The van der Waals surface area contributed by atoms with E-state index in [0.717, 1.165) is 40.3 Å². The van der Waals surface area contributed by atoms with E-state index in [9.17, 15) is 9.59 Å². The van der Waals surface area contributed by atoms with E-state index in [1.807, 2.05) is 42.7 Å². The van der Waals surface area contributed by atoms with E-state index >= 15 is 0 Å². The number of imidazole rings is 1. The monoisotopic (exact) mass is 396 g/mol. The van der Waals surface area contributed by atoms with E-state index in [2.05, 4.69) is 20.6 Å². The lowest BCUT2D eigenvalue weighted by molar-refractivity contribution is -0.121. The minimum Gasteiger partial charge on any atom is -0.346 e. The van der Waals surface area contributed by atoms with Crippen molar-refractivity contribution in [1.82, 2.24) is 15.3 Å².